The number of ether oxygens (including phenoxy) is 1. The first-order valence-corrected chi connectivity index (χ1v) is 8.94. The SMILES string of the molecule is C=CCC(C(=O)OC)[Si](Cl)(C(C)C)C(C)C. The number of allylic oxidation sites excluding steroid dienone is 1. The van der Waals surface area contributed by atoms with E-state index in [4.69, 9.17) is 15.8 Å². The molecule has 94 valence electrons. The van der Waals surface area contributed by atoms with Crippen LogP contribution in [0.15, 0.2) is 12.7 Å². The van der Waals surface area contributed by atoms with Gasteiger partial charge >= 0.3 is 5.97 Å². The molecule has 0 aromatic carbocycles. The monoisotopic (exact) mass is 262 g/mol. The Morgan fingerprint density at radius 3 is 2.06 bits per heavy atom. The van der Waals surface area contributed by atoms with Crippen LogP contribution >= 0.6 is 11.1 Å². The van der Waals surface area contributed by atoms with E-state index in [9.17, 15) is 4.79 Å². The molecule has 1 unspecified atom stereocenters. The molecule has 0 aliphatic carbocycles. The molecule has 4 heteroatoms. The number of esters is 1. The molecule has 0 amide bonds. The van der Waals surface area contributed by atoms with Crippen LogP contribution in [0.5, 0.6) is 0 Å². The summed E-state index contributed by atoms with van der Waals surface area (Å²) < 4.78 is 4.87. The predicted octanol–water partition coefficient (Wildman–Crippen LogP) is 4.11. The maximum Gasteiger partial charge on any atom is 0.307 e. The van der Waals surface area contributed by atoms with E-state index in [0.29, 0.717) is 17.5 Å². The van der Waals surface area contributed by atoms with Gasteiger partial charge in [-0.25, -0.2) is 0 Å². The fraction of sp³-hybridized carbons (Fsp3) is 0.750. The molecule has 0 aromatic rings. The predicted molar refractivity (Wildman–Crippen MR) is 72.4 cm³/mol. The molecular formula is C12H23ClO2Si. The second kappa shape index (κ2) is 6.45. The van der Waals surface area contributed by atoms with Gasteiger partial charge in [-0.15, -0.1) is 6.58 Å². The van der Waals surface area contributed by atoms with Crippen molar-refractivity contribution >= 4 is 24.4 Å². The normalized spacial score (nSPS) is 14.0. The van der Waals surface area contributed by atoms with E-state index < -0.39 is 7.38 Å². The Morgan fingerprint density at radius 2 is 1.81 bits per heavy atom. The quantitative estimate of drug-likeness (QED) is 0.312. The Labute approximate surface area is 105 Å². The Morgan fingerprint density at radius 1 is 1.38 bits per heavy atom. The summed E-state index contributed by atoms with van der Waals surface area (Å²) in [6.45, 7) is 12.1. The number of hydrogen-bond donors (Lipinski definition) is 0. The smallest absolute Gasteiger partial charge is 0.307 e. The third-order valence-electron chi connectivity index (χ3n) is 3.19. The van der Waals surface area contributed by atoms with Crippen molar-refractivity contribution < 1.29 is 9.53 Å². The van der Waals surface area contributed by atoms with Gasteiger partial charge in [0.1, 0.15) is 0 Å². The molecule has 0 fully saturated rings. The molecule has 0 spiro atoms. The fourth-order valence-electron chi connectivity index (χ4n) is 2.24. The van der Waals surface area contributed by atoms with Crippen LogP contribution < -0.4 is 0 Å². The minimum absolute atomic E-state index is 0.191. The highest BCUT2D eigenvalue weighted by molar-refractivity contribution is 7.23. The zero-order valence-electron chi connectivity index (χ0n) is 10.9. The lowest BCUT2D eigenvalue weighted by molar-refractivity contribution is -0.140. The third kappa shape index (κ3) is 3.11. The van der Waals surface area contributed by atoms with Crippen molar-refractivity contribution in [3.8, 4) is 0 Å². The largest absolute Gasteiger partial charge is 0.469 e. The van der Waals surface area contributed by atoms with Gasteiger partial charge in [-0.3, -0.25) is 4.79 Å². The van der Waals surface area contributed by atoms with Crippen molar-refractivity contribution in [2.45, 2.75) is 50.7 Å². The molecule has 0 saturated heterocycles. The highest BCUT2D eigenvalue weighted by Gasteiger charge is 2.49. The van der Waals surface area contributed by atoms with Gasteiger partial charge in [-0.2, -0.15) is 11.1 Å². The van der Waals surface area contributed by atoms with Crippen LogP contribution in [0.2, 0.25) is 16.6 Å². The van der Waals surface area contributed by atoms with Crippen molar-refractivity contribution in [3.63, 3.8) is 0 Å². The highest BCUT2D eigenvalue weighted by Crippen LogP contribution is 2.47. The Bertz CT molecular complexity index is 243. The topological polar surface area (TPSA) is 26.3 Å². The van der Waals surface area contributed by atoms with Crippen molar-refractivity contribution in [1.29, 1.82) is 0 Å². The molecule has 16 heavy (non-hydrogen) atoms. The standard InChI is InChI=1S/C12H23ClO2Si/c1-7-8-11(12(14)15-6)16(13,9(2)3)10(4)5/h7,9-11H,1,8H2,2-6H3. The van der Waals surface area contributed by atoms with Gasteiger partial charge in [0.2, 0.25) is 0 Å². The van der Waals surface area contributed by atoms with E-state index in [-0.39, 0.29) is 11.5 Å². The number of hydrogen-bond acceptors (Lipinski definition) is 2. The van der Waals surface area contributed by atoms with E-state index >= 15 is 0 Å². The molecule has 0 N–H and O–H groups in total. The van der Waals surface area contributed by atoms with Crippen molar-refractivity contribution in [1.82, 2.24) is 0 Å². The average Bonchev–Trinajstić information content (AvgIpc) is 2.23. The van der Waals surface area contributed by atoms with E-state index in [1.807, 2.05) is 0 Å². The lowest BCUT2D eigenvalue weighted by Gasteiger charge is -2.37. The van der Waals surface area contributed by atoms with Crippen LogP contribution in [-0.4, -0.2) is 20.5 Å². The molecule has 0 aromatic heterocycles. The van der Waals surface area contributed by atoms with Crippen molar-refractivity contribution in [3.05, 3.63) is 12.7 Å². The number of carbonyl (C=O) groups excluding carboxylic acids is 1. The van der Waals surface area contributed by atoms with Crippen molar-refractivity contribution in [2.75, 3.05) is 7.11 Å². The number of halogens is 1. The number of methoxy groups -OCH3 is 1. The second-order valence-electron chi connectivity index (χ2n) is 4.74. The average molecular weight is 263 g/mol. The molecule has 0 heterocycles. The lowest BCUT2D eigenvalue weighted by atomic mass is 10.3. The zero-order chi connectivity index (χ0) is 12.9. The summed E-state index contributed by atoms with van der Waals surface area (Å²) in [5, 5.41) is 0. The summed E-state index contributed by atoms with van der Waals surface area (Å²) in [7, 11) is -0.791. The summed E-state index contributed by atoms with van der Waals surface area (Å²) in [6, 6.07) is 0. The van der Waals surface area contributed by atoms with Gasteiger partial charge < -0.3 is 4.74 Å². The first-order valence-electron chi connectivity index (χ1n) is 5.69. The Hall–Kier alpha value is -0.283. The van der Waals surface area contributed by atoms with Crippen LogP contribution in [0.3, 0.4) is 0 Å². The minimum Gasteiger partial charge on any atom is -0.469 e. The van der Waals surface area contributed by atoms with Crippen LogP contribution in [0.1, 0.15) is 34.1 Å². The highest BCUT2D eigenvalue weighted by atomic mass is 35.6. The molecule has 0 rings (SSSR count). The van der Waals surface area contributed by atoms with E-state index in [2.05, 4.69) is 34.3 Å². The van der Waals surface area contributed by atoms with Crippen molar-refractivity contribution in [2.24, 2.45) is 0 Å². The Kier molecular flexibility index (Phi) is 6.34. The second-order valence-corrected chi connectivity index (χ2v) is 11.4. The molecular weight excluding hydrogens is 240 g/mol. The summed E-state index contributed by atoms with van der Waals surface area (Å²) in [6.07, 6.45) is 2.37. The van der Waals surface area contributed by atoms with E-state index in [1.165, 1.54) is 7.11 Å². The molecule has 0 saturated carbocycles. The summed E-state index contributed by atoms with van der Waals surface area (Å²) in [4.78, 5) is 11.8. The molecule has 0 radical (unpaired) electrons. The molecule has 2 nitrogen and oxygen atoms in total. The number of rotatable bonds is 6. The van der Waals surface area contributed by atoms with Gasteiger partial charge in [0.25, 0.3) is 0 Å². The van der Waals surface area contributed by atoms with E-state index in [0.717, 1.165) is 0 Å². The summed E-state index contributed by atoms with van der Waals surface area (Å²) >= 11 is 6.82. The Balaban J connectivity index is 5.25. The van der Waals surface area contributed by atoms with Gasteiger partial charge in [0.05, 0.1) is 12.7 Å². The van der Waals surface area contributed by atoms with Crippen LogP contribution in [-0.2, 0) is 9.53 Å². The maximum atomic E-state index is 11.8. The molecule has 1 atom stereocenters. The number of carbonyl (C=O) groups is 1. The van der Waals surface area contributed by atoms with Gasteiger partial charge in [0.15, 0.2) is 7.38 Å². The van der Waals surface area contributed by atoms with Crippen LogP contribution in [0.4, 0.5) is 0 Å². The maximum absolute atomic E-state index is 11.8. The van der Waals surface area contributed by atoms with Crippen LogP contribution in [0.25, 0.3) is 0 Å². The first-order chi connectivity index (χ1) is 7.32. The van der Waals surface area contributed by atoms with Gasteiger partial charge in [-0.05, 0) is 17.5 Å². The summed E-state index contributed by atoms with van der Waals surface area (Å²) in [5.74, 6) is -0.191. The first kappa shape index (κ1) is 15.7. The molecule has 0 bridgehead atoms. The van der Waals surface area contributed by atoms with Crippen LogP contribution in [0, 0.1) is 0 Å². The van der Waals surface area contributed by atoms with Gasteiger partial charge in [-0.1, -0.05) is 33.8 Å². The fourth-order valence-corrected chi connectivity index (χ4v) is 6.72. The van der Waals surface area contributed by atoms with Gasteiger partial charge in [0, 0.05) is 0 Å². The summed E-state index contributed by atoms with van der Waals surface area (Å²) in [5.41, 5.74) is 0.466. The lowest BCUT2D eigenvalue weighted by Crippen LogP contribution is -2.44. The van der Waals surface area contributed by atoms with E-state index in [1.54, 1.807) is 6.08 Å². The molecule has 0 aliphatic rings. The molecule has 0 aliphatic heterocycles. The third-order valence-corrected chi connectivity index (χ3v) is 11.7. The minimum atomic E-state index is -2.21. The zero-order valence-corrected chi connectivity index (χ0v) is 12.7.